The van der Waals surface area contributed by atoms with Gasteiger partial charge in [-0.25, -0.2) is 0 Å². The third kappa shape index (κ3) is 2.15. The summed E-state index contributed by atoms with van der Waals surface area (Å²) in [5, 5.41) is 11.3. The molecule has 0 spiro atoms. The molecular weight excluding hydrogens is 280 g/mol. The number of para-hydroxylation sites is 2. The van der Waals surface area contributed by atoms with E-state index < -0.39 is 4.92 Å². The SMILES string of the molecule is Cc1cccc(C(=O)N2c3ccccc3C[C@@H]2C)c1[N+](=O)[O-]. The van der Waals surface area contributed by atoms with Crippen molar-refractivity contribution in [2.75, 3.05) is 4.90 Å². The van der Waals surface area contributed by atoms with Crippen LogP contribution in [0.3, 0.4) is 0 Å². The van der Waals surface area contributed by atoms with Crippen molar-refractivity contribution in [3.63, 3.8) is 0 Å². The molecule has 1 aliphatic rings. The first-order chi connectivity index (χ1) is 10.5. The van der Waals surface area contributed by atoms with E-state index >= 15 is 0 Å². The van der Waals surface area contributed by atoms with Crippen LogP contribution in [0.15, 0.2) is 42.5 Å². The van der Waals surface area contributed by atoms with Crippen LogP contribution in [0, 0.1) is 17.0 Å². The molecule has 1 heterocycles. The number of benzene rings is 2. The van der Waals surface area contributed by atoms with Gasteiger partial charge in [-0.05, 0) is 38.0 Å². The number of nitrogens with zero attached hydrogens (tertiary/aromatic N) is 2. The molecule has 0 aromatic heterocycles. The zero-order valence-electron chi connectivity index (χ0n) is 12.4. The van der Waals surface area contributed by atoms with E-state index in [4.69, 9.17) is 0 Å². The average molecular weight is 296 g/mol. The van der Waals surface area contributed by atoms with Crippen LogP contribution in [-0.4, -0.2) is 16.9 Å². The summed E-state index contributed by atoms with van der Waals surface area (Å²) in [5.74, 6) is -0.312. The van der Waals surface area contributed by atoms with Gasteiger partial charge in [0.15, 0.2) is 0 Å². The number of amides is 1. The van der Waals surface area contributed by atoms with Crippen molar-refractivity contribution in [2.24, 2.45) is 0 Å². The van der Waals surface area contributed by atoms with Gasteiger partial charge in [0, 0.05) is 17.3 Å². The molecule has 0 bridgehead atoms. The Morgan fingerprint density at radius 1 is 1.23 bits per heavy atom. The Morgan fingerprint density at radius 2 is 1.95 bits per heavy atom. The molecule has 1 aliphatic heterocycles. The zero-order valence-corrected chi connectivity index (χ0v) is 12.4. The van der Waals surface area contributed by atoms with Crippen LogP contribution in [0.25, 0.3) is 0 Å². The van der Waals surface area contributed by atoms with Crippen molar-refractivity contribution in [3.05, 3.63) is 69.3 Å². The number of carbonyl (C=O) groups is 1. The van der Waals surface area contributed by atoms with Crippen molar-refractivity contribution < 1.29 is 9.72 Å². The topological polar surface area (TPSA) is 63.5 Å². The van der Waals surface area contributed by atoms with Crippen LogP contribution < -0.4 is 4.90 Å². The van der Waals surface area contributed by atoms with Crippen LogP contribution in [0.2, 0.25) is 0 Å². The first kappa shape index (κ1) is 14.3. The highest BCUT2D eigenvalue weighted by molar-refractivity contribution is 6.10. The van der Waals surface area contributed by atoms with Crippen molar-refractivity contribution in [3.8, 4) is 0 Å². The number of carbonyl (C=O) groups excluding carboxylic acids is 1. The number of hydrogen-bond donors (Lipinski definition) is 0. The number of aryl methyl sites for hydroxylation is 1. The first-order valence-electron chi connectivity index (χ1n) is 7.16. The number of nitro groups is 1. The summed E-state index contributed by atoms with van der Waals surface area (Å²) in [5.41, 5.74) is 2.48. The van der Waals surface area contributed by atoms with Gasteiger partial charge in [-0.2, -0.15) is 0 Å². The van der Waals surface area contributed by atoms with Crippen molar-refractivity contribution in [2.45, 2.75) is 26.3 Å². The monoisotopic (exact) mass is 296 g/mol. The molecule has 5 heteroatoms. The second-order valence-electron chi connectivity index (χ2n) is 5.59. The minimum absolute atomic E-state index is 0.00924. The number of rotatable bonds is 2. The summed E-state index contributed by atoms with van der Waals surface area (Å²) in [4.78, 5) is 25.4. The molecule has 2 aromatic carbocycles. The molecule has 0 radical (unpaired) electrons. The summed E-state index contributed by atoms with van der Waals surface area (Å²) in [7, 11) is 0. The molecule has 0 aliphatic carbocycles. The molecule has 1 amide bonds. The van der Waals surface area contributed by atoms with Gasteiger partial charge in [0.05, 0.1) is 4.92 Å². The van der Waals surface area contributed by atoms with Gasteiger partial charge in [0.25, 0.3) is 11.6 Å². The first-order valence-corrected chi connectivity index (χ1v) is 7.16. The van der Waals surface area contributed by atoms with Crippen LogP contribution in [-0.2, 0) is 6.42 Å². The lowest BCUT2D eigenvalue weighted by molar-refractivity contribution is -0.385. The van der Waals surface area contributed by atoms with E-state index in [1.165, 1.54) is 6.07 Å². The van der Waals surface area contributed by atoms with Gasteiger partial charge in [-0.1, -0.05) is 30.3 Å². The summed E-state index contributed by atoms with van der Waals surface area (Å²) in [6, 6.07) is 12.5. The lowest BCUT2D eigenvalue weighted by atomic mass is 10.1. The van der Waals surface area contributed by atoms with Crippen molar-refractivity contribution in [1.82, 2.24) is 0 Å². The average Bonchev–Trinajstić information content (AvgIpc) is 2.81. The van der Waals surface area contributed by atoms with E-state index in [1.54, 1.807) is 24.0 Å². The number of anilines is 1. The maximum absolute atomic E-state index is 12.9. The molecule has 0 saturated carbocycles. The Balaban J connectivity index is 2.10. The van der Waals surface area contributed by atoms with Crippen LogP contribution in [0.1, 0.15) is 28.4 Å². The fourth-order valence-electron chi connectivity index (χ4n) is 3.08. The Labute approximate surface area is 128 Å². The minimum Gasteiger partial charge on any atom is -0.305 e. The normalized spacial score (nSPS) is 16.5. The van der Waals surface area contributed by atoms with Gasteiger partial charge in [-0.15, -0.1) is 0 Å². The second kappa shape index (κ2) is 5.26. The molecule has 3 rings (SSSR count). The number of fused-ring (bicyclic) bond motifs is 1. The number of nitro benzene ring substituents is 1. The molecule has 112 valence electrons. The zero-order chi connectivity index (χ0) is 15.9. The smallest absolute Gasteiger partial charge is 0.285 e. The third-order valence-corrected chi connectivity index (χ3v) is 4.08. The lowest BCUT2D eigenvalue weighted by Crippen LogP contribution is -2.36. The fraction of sp³-hybridized carbons (Fsp3) is 0.235. The molecule has 0 N–H and O–H groups in total. The van der Waals surface area contributed by atoms with Gasteiger partial charge >= 0.3 is 0 Å². The van der Waals surface area contributed by atoms with Gasteiger partial charge < -0.3 is 4.90 Å². The number of hydrogen-bond acceptors (Lipinski definition) is 3. The van der Waals surface area contributed by atoms with Crippen molar-refractivity contribution >= 4 is 17.3 Å². The van der Waals surface area contributed by atoms with E-state index in [2.05, 4.69) is 0 Å². The van der Waals surface area contributed by atoms with Crippen LogP contribution in [0.5, 0.6) is 0 Å². The Bertz CT molecular complexity index is 770. The van der Waals surface area contributed by atoms with Gasteiger partial charge in [0.1, 0.15) is 5.56 Å². The second-order valence-corrected chi connectivity index (χ2v) is 5.59. The predicted octanol–water partition coefficient (Wildman–Crippen LogP) is 3.49. The predicted molar refractivity (Wildman–Crippen MR) is 84.3 cm³/mol. The third-order valence-electron chi connectivity index (χ3n) is 4.08. The summed E-state index contributed by atoms with van der Waals surface area (Å²) >= 11 is 0. The molecule has 2 aromatic rings. The molecule has 1 atom stereocenters. The van der Waals surface area contributed by atoms with E-state index in [1.807, 2.05) is 31.2 Å². The quantitative estimate of drug-likeness (QED) is 0.629. The highest BCUT2D eigenvalue weighted by Gasteiger charge is 2.34. The van der Waals surface area contributed by atoms with E-state index in [-0.39, 0.29) is 23.2 Å². The maximum atomic E-state index is 12.9. The maximum Gasteiger partial charge on any atom is 0.285 e. The van der Waals surface area contributed by atoms with Crippen LogP contribution in [0.4, 0.5) is 11.4 Å². The van der Waals surface area contributed by atoms with E-state index in [9.17, 15) is 14.9 Å². The van der Waals surface area contributed by atoms with E-state index in [0.717, 1.165) is 17.7 Å². The molecule has 22 heavy (non-hydrogen) atoms. The van der Waals surface area contributed by atoms with Gasteiger partial charge in [-0.3, -0.25) is 14.9 Å². The Kier molecular flexibility index (Phi) is 3.41. The summed E-state index contributed by atoms with van der Waals surface area (Å²) in [6.45, 7) is 3.61. The summed E-state index contributed by atoms with van der Waals surface area (Å²) in [6.07, 6.45) is 0.765. The standard InChI is InChI=1S/C17H16N2O3/c1-11-6-5-8-14(16(11)19(21)22)17(20)18-12(2)10-13-7-3-4-9-15(13)18/h3-9,12H,10H2,1-2H3/t12-/m0/s1. The largest absolute Gasteiger partial charge is 0.305 e. The fourth-order valence-corrected chi connectivity index (χ4v) is 3.08. The lowest BCUT2D eigenvalue weighted by Gasteiger charge is -2.22. The van der Waals surface area contributed by atoms with Crippen LogP contribution >= 0.6 is 0 Å². The molecule has 5 nitrogen and oxygen atoms in total. The summed E-state index contributed by atoms with van der Waals surface area (Å²) < 4.78 is 0. The Morgan fingerprint density at radius 3 is 2.68 bits per heavy atom. The van der Waals surface area contributed by atoms with Crippen molar-refractivity contribution in [1.29, 1.82) is 0 Å². The molecule has 0 saturated heterocycles. The minimum atomic E-state index is -0.477. The molecule has 0 unspecified atom stereocenters. The molecular formula is C17H16N2O3. The highest BCUT2D eigenvalue weighted by atomic mass is 16.6. The van der Waals surface area contributed by atoms with E-state index in [0.29, 0.717) is 5.56 Å². The highest BCUT2D eigenvalue weighted by Crippen LogP contribution is 2.35. The molecule has 0 fully saturated rings. The Hall–Kier alpha value is -2.69. The van der Waals surface area contributed by atoms with Gasteiger partial charge in [0.2, 0.25) is 0 Å².